The van der Waals surface area contributed by atoms with E-state index in [2.05, 4.69) is 4.98 Å². The molecule has 1 aliphatic heterocycles. The zero-order valence-corrected chi connectivity index (χ0v) is 18.1. The SMILES string of the molecule is Cc1c(C(F)(F)F)nc(-c2ccc(Cl)o2)n1-c1c(Cl)ccc(N2CC(C(N)=O)C2)c1Cl. The third-order valence-corrected chi connectivity index (χ3v) is 5.95. The summed E-state index contributed by atoms with van der Waals surface area (Å²) in [6.45, 7) is 1.94. The summed E-state index contributed by atoms with van der Waals surface area (Å²) in [5.74, 6) is -0.906. The molecule has 1 fully saturated rings. The summed E-state index contributed by atoms with van der Waals surface area (Å²) in [5, 5.41) is 0.192. The number of carbonyl (C=O) groups is 1. The average molecular weight is 494 g/mol. The van der Waals surface area contributed by atoms with Crippen molar-refractivity contribution in [3.8, 4) is 17.3 Å². The first-order valence-corrected chi connectivity index (χ1v) is 10.1. The van der Waals surface area contributed by atoms with E-state index in [-0.39, 0.29) is 44.1 Å². The van der Waals surface area contributed by atoms with Gasteiger partial charge in [0.25, 0.3) is 0 Å². The van der Waals surface area contributed by atoms with E-state index in [9.17, 15) is 18.0 Å². The molecule has 1 aliphatic rings. The van der Waals surface area contributed by atoms with Crippen LogP contribution in [0.2, 0.25) is 15.3 Å². The molecular weight excluding hydrogens is 480 g/mol. The van der Waals surface area contributed by atoms with Gasteiger partial charge in [0.05, 0.1) is 33.0 Å². The number of nitrogens with two attached hydrogens (primary N) is 1. The molecule has 0 unspecified atom stereocenters. The highest BCUT2D eigenvalue weighted by atomic mass is 35.5. The first-order chi connectivity index (χ1) is 14.5. The maximum absolute atomic E-state index is 13.6. The summed E-state index contributed by atoms with van der Waals surface area (Å²) >= 11 is 18.8. The third kappa shape index (κ3) is 3.75. The van der Waals surface area contributed by atoms with Crippen LogP contribution in [0.15, 0.2) is 28.7 Å². The van der Waals surface area contributed by atoms with Gasteiger partial charge in [0.15, 0.2) is 22.5 Å². The second-order valence-corrected chi connectivity index (χ2v) is 8.20. The van der Waals surface area contributed by atoms with Crippen molar-refractivity contribution >= 4 is 46.4 Å². The smallest absolute Gasteiger partial charge is 0.435 e. The molecule has 31 heavy (non-hydrogen) atoms. The first-order valence-electron chi connectivity index (χ1n) is 8.94. The number of primary amides is 1. The molecule has 0 radical (unpaired) electrons. The van der Waals surface area contributed by atoms with Gasteiger partial charge >= 0.3 is 6.18 Å². The summed E-state index contributed by atoms with van der Waals surface area (Å²) in [5.41, 5.74) is 4.58. The predicted octanol–water partition coefficient (Wildman–Crippen LogP) is 5.34. The topological polar surface area (TPSA) is 77.3 Å². The van der Waals surface area contributed by atoms with E-state index in [0.717, 1.165) is 0 Å². The number of alkyl halides is 3. The van der Waals surface area contributed by atoms with Gasteiger partial charge < -0.3 is 15.1 Å². The van der Waals surface area contributed by atoms with Crippen LogP contribution in [0, 0.1) is 12.8 Å². The van der Waals surface area contributed by atoms with Crippen molar-refractivity contribution in [2.24, 2.45) is 11.7 Å². The molecule has 3 heterocycles. The Labute approximate surface area is 189 Å². The van der Waals surface area contributed by atoms with Crippen molar-refractivity contribution in [3.63, 3.8) is 0 Å². The van der Waals surface area contributed by atoms with Gasteiger partial charge in [-0.05, 0) is 42.8 Å². The van der Waals surface area contributed by atoms with Crippen molar-refractivity contribution < 1.29 is 22.4 Å². The number of benzene rings is 1. The van der Waals surface area contributed by atoms with Crippen LogP contribution in [0.3, 0.4) is 0 Å². The molecular formula is C19H14Cl3F3N4O2. The van der Waals surface area contributed by atoms with Gasteiger partial charge in [0.1, 0.15) is 0 Å². The van der Waals surface area contributed by atoms with Crippen LogP contribution < -0.4 is 10.6 Å². The highest BCUT2D eigenvalue weighted by Gasteiger charge is 2.40. The minimum absolute atomic E-state index is 0.0129. The maximum atomic E-state index is 13.6. The largest absolute Gasteiger partial charge is 0.441 e. The summed E-state index contributed by atoms with van der Waals surface area (Å²) < 4.78 is 47.4. The minimum Gasteiger partial charge on any atom is -0.441 e. The number of hydrogen-bond acceptors (Lipinski definition) is 4. The molecule has 0 atom stereocenters. The molecule has 12 heteroatoms. The fourth-order valence-electron chi connectivity index (χ4n) is 3.48. The second-order valence-electron chi connectivity index (χ2n) is 7.04. The Bertz CT molecular complexity index is 1180. The van der Waals surface area contributed by atoms with Crippen molar-refractivity contribution in [2.75, 3.05) is 18.0 Å². The van der Waals surface area contributed by atoms with Crippen molar-refractivity contribution in [1.29, 1.82) is 0 Å². The number of amides is 1. The van der Waals surface area contributed by atoms with Crippen molar-refractivity contribution in [2.45, 2.75) is 13.1 Å². The van der Waals surface area contributed by atoms with Crippen molar-refractivity contribution in [3.05, 3.63) is 50.9 Å². The number of anilines is 1. The van der Waals surface area contributed by atoms with E-state index in [1.54, 1.807) is 11.0 Å². The molecule has 0 aliphatic carbocycles. The van der Waals surface area contributed by atoms with Gasteiger partial charge in [-0.15, -0.1) is 0 Å². The quantitative estimate of drug-likeness (QED) is 0.532. The Kier molecular flexibility index (Phi) is 5.39. The zero-order valence-electron chi connectivity index (χ0n) is 15.8. The Hall–Kier alpha value is -2.36. The van der Waals surface area contributed by atoms with Gasteiger partial charge in [-0.25, -0.2) is 4.98 Å². The van der Waals surface area contributed by atoms with Crippen LogP contribution >= 0.6 is 34.8 Å². The highest BCUT2D eigenvalue weighted by molar-refractivity contribution is 6.39. The van der Waals surface area contributed by atoms with Crippen molar-refractivity contribution in [1.82, 2.24) is 9.55 Å². The van der Waals surface area contributed by atoms with Crippen LogP contribution in [0.1, 0.15) is 11.4 Å². The van der Waals surface area contributed by atoms with Gasteiger partial charge in [-0.3, -0.25) is 9.36 Å². The van der Waals surface area contributed by atoms with Gasteiger partial charge in [-0.2, -0.15) is 13.2 Å². The third-order valence-electron chi connectivity index (χ3n) is 5.06. The van der Waals surface area contributed by atoms with Crippen LogP contribution in [0.4, 0.5) is 18.9 Å². The van der Waals surface area contributed by atoms with E-state index in [1.807, 2.05) is 0 Å². The minimum atomic E-state index is -4.72. The second kappa shape index (κ2) is 7.65. The molecule has 1 saturated heterocycles. The Morgan fingerprint density at radius 1 is 1.19 bits per heavy atom. The molecule has 0 bridgehead atoms. The van der Waals surface area contributed by atoms with Crippen LogP contribution in [0.5, 0.6) is 0 Å². The van der Waals surface area contributed by atoms with E-state index < -0.39 is 17.8 Å². The Balaban J connectivity index is 1.91. The fourth-order valence-corrected chi connectivity index (χ4v) is 4.28. The Morgan fingerprint density at radius 3 is 2.42 bits per heavy atom. The molecule has 1 aromatic carbocycles. The molecule has 0 spiro atoms. The van der Waals surface area contributed by atoms with Gasteiger partial charge in [0, 0.05) is 13.1 Å². The lowest BCUT2D eigenvalue weighted by atomic mass is 9.98. The average Bonchev–Trinajstić information content (AvgIpc) is 3.19. The molecule has 6 nitrogen and oxygen atoms in total. The molecule has 164 valence electrons. The normalized spacial score (nSPS) is 14.7. The van der Waals surface area contributed by atoms with Gasteiger partial charge in [0.2, 0.25) is 5.91 Å². The lowest BCUT2D eigenvalue weighted by molar-refractivity contribution is -0.141. The number of carbonyl (C=O) groups excluding carboxylic acids is 1. The summed E-state index contributed by atoms with van der Waals surface area (Å²) in [7, 11) is 0. The predicted molar refractivity (Wildman–Crippen MR) is 111 cm³/mol. The highest BCUT2D eigenvalue weighted by Crippen LogP contribution is 2.43. The Morgan fingerprint density at radius 2 is 1.87 bits per heavy atom. The number of furan rings is 1. The van der Waals surface area contributed by atoms with E-state index in [0.29, 0.717) is 18.8 Å². The monoisotopic (exact) mass is 492 g/mol. The van der Waals surface area contributed by atoms with E-state index >= 15 is 0 Å². The molecule has 4 rings (SSSR count). The molecule has 2 N–H and O–H groups in total. The number of halogens is 6. The molecule has 0 saturated carbocycles. The van der Waals surface area contributed by atoms with Crippen LogP contribution in [0.25, 0.3) is 17.3 Å². The van der Waals surface area contributed by atoms with E-state index in [4.69, 9.17) is 45.0 Å². The van der Waals surface area contributed by atoms with Crippen LogP contribution in [-0.2, 0) is 11.0 Å². The fraction of sp³-hybridized carbons (Fsp3) is 0.263. The first kappa shape index (κ1) is 21.9. The van der Waals surface area contributed by atoms with E-state index in [1.165, 1.54) is 29.7 Å². The van der Waals surface area contributed by atoms with Gasteiger partial charge in [-0.1, -0.05) is 23.2 Å². The standard InChI is InChI=1S/C19H14Cl3F3N4O2/c1-8-16(19(23,24)25)27-18(12-4-5-13(21)31-12)29(8)15-10(20)2-3-11(14(15)22)28-6-9(7-28)17(26)30/h2-5,9H,6-7H2,1H3,(H2,26,30). The summed E-state index contributed by atoms with van der Waals surface area (Å²) in [6, 6.07) is 5.94. The molecule has 1 amide bonds. The summed E-state index contributed by atoms with van der Waals surface area (Å²) in [4.78, 5) is 16.9. The maximum Gasteiger partial charge on any atom is 0.435 e. The zero-order chi connectivity index (χ0) is 22.7. The number of rotatable bonds is 4. The summed E-state index contributed by atoms with van der Waals surface area (Å²) in [6.07, 6.45) is -4.72. The van der Waals surface area contributed by atoms with Crippen LogP contribution in [-0.4, -0.2) is 28.5 Å². The number of imidazole rings is 1. The number of nitrogens with zero attached hydrogens (tertiary/aromatic N) is 3. The number of hydrogen-bond donors (Lipinski definition) is 1. The lowest BCUT2D eigenvalue weighted by Gasteiger charge is -2.40. The molecule has 2 aromatic heterocycles. The molecule has 3 aromatic rings. The lowest BCUT2D eigenvalue weighted by Crippen LogP contribution is -2.52. The number of aromatic nitrogens is 2.